The van der Waals surface area contributed by atoms with Crippen LogP contribution in [0.25, 0.3) is 0 Å². The first-order chi connectivity index (χ1) is 11.7. The van der Waals surface area contributed by atoms with Crippen LogP contribution in [0.15, 0.2) is 72.8 Å². The van der Waals surface area contributed by atoms with E-state index in [1.807, 2.05) is 30.3 Å². The number of hydrogen-bond acceptors (Lipinski definition) is 2. The molecular weight excluding hydrogens is 294 g/mol. The first-order valence-corrected chi connectivity index (χ1v) is 8.27. The second kappa shape index (κ2) is 7.69. The van der Waals surface area contributed by atoms with E-state index in [9.17, 15) is 0 Å². The zero-order valence-corrected chi connectivity index (χ0v) is 14.3. The standard InChI is InChI=1S/C22H23NO/c1-17-11-12-21(13-18(17)2)23-15-20-9-6-10-22(14-20)24-16-19-7-4-3-5-8-19/h3-14,23H,15-16H2,1-2H3. The molecular formula is C22H23NO. The molecule has 2 heteroatoms. The average molecular weight is 317 g/mol. The number of benzene rings is 3. The molecule has 0 aliphatic heterocycles. The highest BCUT2D eigenvalue weighted by atomic mass is 16.5. The van der Waals surface area contributed by atoms with E-state index >= 15 is 0 Å². The molecule has 122 valence electrons. The Morgan fingerprint density at radius 3 is 2.33 bits per heavy atom. The van der Waals surface area contributed by atoms with Gasteiger partial charge in [0.25, 0.3) is 0 Å². The quantitative estimate of drug-likeness (QED) is 0.648. The van der Waals surface area contributed by atoms with Crippen LogP contribution in [0.2, 0.25) is 0 Å². The topological polar surface area (TPSA) is 21.3 Å². The minimum absolute atomic E-state index is 0.592. The van der Waals surface area contributed by atoms with Crippen LogP contribution in [0.1, 0.15) is 22.3 Å². The van der Waals surface area contributed by atoms with Crippen LogP contribution in [0.5, 0.6) is 5.75 Å². The summed E-state index contributed by atoms with van der Waals surface area (Å²) >= 11 is 0. The lowest BCUT2D eigenvalue weighted by Crippen LogP contribution is -2.01. The van der Waals surface area contributed by atoms with Gasteiger partial charge in [0.2, 0.25) is 0 Å². The third-order valence-corrected chi connectivity index (χ3v) is 4.15. The predicted octanol–water partition coefficient (Wildman–Crippen LogP) is 5.49. The Kier molecular flexibility index (Phi) is 5.17. The van der Waals surface area contributed by atoms with Crippen molar-refractivity contribution in [2.75, 3.05) is 5.32 Å². The number of anilines is 1. The molecule has 0 heterocycles. The number of ether oxygens (including phenoxy) is 1. The van der Waals surface area contributed by atoms with Crippen molar-refractivity contribution in [1.82, 2.24) is 0 Å². The van der Waals surface area contributed by atoms with Gasteiger partial charge in [-0.15, -0.1) is 0 Å². The summed E-state index contributed by atoms with van der Waals surface area (Å²) in [5, 5.41) is 3.47. The van der Waals surface area contributed by atoms with Gasteiger partial charge in [0.05, 0.1) is 0 Å². The van der Waals surface area contributed by atoms with Gasteiger partial charge in [-0.25, -0.2) is 0 Å². The van der Waals surface area contributed by atoms with E-state index in [-0.39, 0.29) is 0 Å². The molecule has 3 rings (SSSR count). The molecule has 0 aliphatic carbocycles. The summed E-state index contributed by atoms with van der Waals surface area (Å²) in [6.07, 6.45) is 0. The van der Waals surface area contributed by atoms with Crippen molar-refractivity contribution in [3.63, 3.8) is 0 Å². The lowest BCUT2D eigenvalue weighted by molar-refractivity contribution is 0.306. The van der Waals surface area contributed by atoms with Gasteiger partial charge in [-0.05, 0) is 60.4 Å². The molecule has 0 saturated carbocycles. The number of rotatable bonds is 6. The van der Waals surface area contributed by atoms with Crippen LogP contribution in [0, 0.1) is 13.8 Å². The van der Waals surface area contributed by atoms with Crippen LogP contribution in [-0.4, -0.2) is 0 Å². The van der Waals surface area contributed by atoms with E-state index in [2.05, 4.69) is 61.6 Å². The van der Waals surface area contributed by atoms with Gasteiger partial charge in [-0.2, -0.15) is 0 Å². The summed E-state index contributed by atoms with van der Waals surface area (Å²) in [5.41, 5.74) is 6.15. The average Bonchev–Trinajstić information content (AvgIpc) is 2.62. The van der Waals surface area contributed by atoms with Gasteiger partial charge in [0.15, 0.2) is 0 Å². The normalized spacial score (nSPS) is 10.4. The fraction of sp³-hybridized carbons (Fsp3) is 0.182. The minimum Gasteiger partial charge on any atom is -0.489 e. The second-order valence-corrected chi connectivity index (χ2v) is 6.07. The molecule has 0 unspecified atom stereocenters. The largest absolute Gasteiger partial charge is 0.489 e. The summed E-state index contributed by atoms with van der Waals surface area (Å²) in [4.78, 5) is 0. The van der Waals surface area contributed by atoms with Crippen LogP contribution in [0.4, 0.5) is 5.69 Å². The van der Waals surface area contributed by atoms with E-state index in [0.717, 1.165) is 18.0 Å². The van der Waals surface area contributed by atoms with E-state index in [4.69, 9.17) is 4.74 Å². The van der Waals surface area contributed by atoms with Gasteiger partial charge in [-0.1, -0.05) is 48.5 Å². The Morgan fingerprint density at radius 2 is 1.54 bits per heavy atom. The van der Waals surface area contributed by atoms with Crippen molar-refractivity contribution in [3.05, 3.63) is 95.1 Å². The predicted molar refractivity (Wildman–Crippen MR) is 100 cm³/mol. The van der Waals surface area contributed by atoms with Crippen molar-refractivity contribution >= 4 is 5.69 Å². The van der Waals surface area contributed by atoms with Crippen LogP contribution < -0.4 is 10.1 Å². The van der Waals surface area contributed by atoms with Crippen molar-refractivity contribution in [2.24, 2.45) is 0 Å². The van der Waals surface area contributed by atoms with Gasteiger partial charge in [0.1, 0.15) is 12.4 Å². The fourth-order valence-electron chi connectivity index (χ4n) is 2.54. The number of nitrogens with one attached hydrogen (secondary N) is 1. The highest BCUT2D eigenvalue weighted by molar-refractivity contribution is 5.48. The maximum Gasteiger partial charge on any atom is 0.120 e. The van der Waals surface area contributed by atoms with E-state index in [1.165, 1.54) is 22.3 Å². The maximum atomic E-state index is 5.89. The summed E-state index contributed by atoms with van der Waals surface area (Å²) < 4.78 is 5.89. The third kappa shape index (κ3) is 4.39. The van der Waals surface area contributed by atoms with Crippen molar-refractivity contribution in [3.8, 4) is 5.75 Å². The highest BCUT2D eigenvalue weighted by Gasteiger charge is 2.00. The Hall–Kier alpha value is -2.74. The zero-order valence-electron chi connectivity index (χ0n) is 14.3. The zero-order chi connectivity index (χ0) is 16.8. The Morgan fingerprint density at radius 1 is 0.750 bits per heavy atom. The Balaban J connectivity index is 1.59. The first-order valence-electron chi connectivity index (χ1n) is 8.27. The molecule has 0 atom stereocenters. The molecule has 3 aromatic carbocycles. The van der Waals surface area contributed by atoms with Crippen molar-refractivity contribution in [2.45, 2.75) is 27.0 Å². The van der Waals surface area contributed by atoms with Crippen LogP contribution >= 0.6 is 0 Å². The van der Waals surface area contributed by atoms with Crippen LogP contribution in [-0.2, 0) is 13.2 Å². The molecule has 0 aromatic heterocycles. The van der Waals surface area contributed by atoms with Crippen molar-refractivity contribution < 1.29 is 4.74 Å². The molecule has 0 fully saturated rings. The maximum absolute atomic E-state index is 5.89. The van der Waals surface area contributed by atoms with Gasteiger partial charge in [-0.3, -0.25) is 0 Å². The molecule has 0 saturated heterocycles. The van der Waals surface area contributed by atoms with Gasteiger partial charge in [0, 0.05) is 12.2 Å². The Labute approximate surface area is 144 Å². The second-order valence-electron chi connectivity index (χ2n) is 6.07. The lowest BCUT2D eigenvalue weighted by atomic mass is 10.1. The molecule has 3 aromatic rings. The number of hydrogen-bond donors (Lipinski definition) is 1. The van der Waals surface area contributed by atoms with Gasteiger partial charge >= 0.3 is 0 Å². The fourth-order valence-corrected chi connectivity index (χ4v) is 2.54. The lowest BCUT2D eigenvalue weighted by Gasteiger charge is -2.11. The van der Waals surface area contributed by atoms with E-state index < -0.39 is 0 Å². The number of aryl methyl sites for hydroxylation is 2. The summed E-state index contributed by atoms with van der Waals surface area (Å²) in [6, 6.07) is 24.9. The summed E-state index contributed by atoms with van der Waals surface area (Å²) in [7, 11) is 0. The van der Waals surface area contributed by atoms with Gasteiger partial charge < -0.3 is 10.1 Å². The SMILES string of the molecule is Cc1ccc(NCc2cccc(OCc3ccccc3)c2)cc1C. The summed E-state index contributed by atoms with van der Waals surface area (Å²) in [5.74, 6) is 0.901. The molecule has 24 heavy (non-hydrogen) atoms. The van der Waals surface area contributed by atoms with Crippen molar-refractivity contribution in [1.29, 1.82) is 0 Å². The van der Waals surface area contributed by atoms with Crippen LogP contribution in [0.3, 0.4) is 0 Å². The van der Waals surface area contributed by atoms with E-state index in [1.54, 1.807) is 0 Å². The molecule has 1 N–H and O–H groups in total. The third-order valence-electron chi connectivity index (χ3n) is 4.15. The molecule has 2 nitrogen and oxygen atoms in total. The Bertz CT molecular complexity index is 796. The smallest absolute Gasteiger partial charge is 0.120 e. The molecule has 0 amide bonds. The molecule has 0 spiro atoms. The first kappa shape index (κ1) is 16.1. The molecule has 0 aliphatic rings. The molecule has 0 bridgehead atoms. The van der Waals surface area contributed by atoms with E-state index in [0.29, 0.717) is 6.61 Å². The molecule has 0 radical (unpaired) electrons. The monoisotopic (exact) mass is 317 g/mol. The summed E-state index contributed by atoms with van der Waals surface area (Å²) in [6.45, 7) is 5.64. The highest BCUT2D eigenvalue weighted by Crippen LogP contribution is 2.18. The minimum atomic E-state index is 0.592.